The summed E-state index contributed by atoms with van der Waals surface area (Å²) in [6.07, 6.45) is -2.81. The molecule has 0 aliphatic heterocycles. The summed E-state index contributed by atoms with van der Waals surface area (Å²) >= 11 is 3.11. The number of benzene rings is 1. The number of rotatable bonds is 3. The van der Waals surface area contributed by atoms with Crippen LogP contribution in [0.25, 0.3) is 0 Å². The summed E-state index contributed by atoms with van der Waals surface area (Å²) in [6, 6.07) is 4.18. The molecule has 17 heavy (non-hydrogen) atoms. The van der Waals surface area contributed by atoms with E-state index in [4.69, 9.17) is 5.26 Å². The van der Waals surface area contributed by atoms with Crippen LogP contribution < -0.4 is 0 Å². The van der Waals surface area contributed by atoms with Crippen molar-refractivity contribution in [2.24, 2.45) is 0 Å². The predicted molar refractivity (Wildman–Crippen MR) is 60.1 cm³/mol. The Hall–Kier alpha value is -1.48. The van der Waals surface area contributed by atoms with Gasteiger partial charge in [0.25, 0.3) is 6.43 Å². The van der Waals surface area contributed by atoms with Crippen LogP contribution in [0.3, 0.4) is 0 Å². The number of carbonyl (C=O) groups is 1. The SMILES string of the molecule is COC(=O)c1cc(CBr)cc(C(F)F)c1C#N. The van der Waals surface area contributed by atoms with Crippen LogP contribution >= 0.6 is 15.9 Å². The minimum atomic E-state index is -2.81. The van der Waals surface area contributed by atoms with Crippen LogP contribution in [-0.4, -0.2) is 13.1 Å². The highest BCUT2D eigenvalue weighted by atomic mass is 79.9. The Morgan fingerprint density at radius 3 is 2.65 bits per heavy atom. The lowest BCUT2D eigenvalue weighted by molar-refractivity contribution is 0.0599. The fourth-order valence-corrected chi connectivity index (χ4v) is 1.70. The van der Waals surface area contributed by atoms with E-state index >= 15 is 0 Å². The van der Waals surface area contributed by atoms with Crippen molar-refractivity contribution in [1.82, 2.24) is 0 Å². The van der Waals surface area contributed by atoms with Gasteiger partial charge in [-0.2, -0.15) is 5.26 Å². The van der Waals surface area contributed by atoms with E-state index < -0.39 is 18.0 Å². The van der Waals surface area contributed by atoms with Gasteiger partial charge >= 0.3 is 5.97 Å². The highest BCUT2D eigenvalue weighted by Gasteiger charge is 2.21. The van der Waals surface area contributed by atoms with Crippen LogP contribution in [0.2, 0.25) is 0 Å². The van der Waals surface area contributed by atoms with E-state index in [2.05, 4.69) is 20.7 Å². The van der Waals surface area contributed by atoms with Gasteiger partial charge in [-0.15, -0.1) is 0 Å². The first-order chi connectivity index (χ1) is 8.04. The maximum Gasteiger partial charge on any atom is 0.339 e. The third-order valence-corrected chi connectivity index (χ3v) is 2.78. The molecular formula is C11H8BrF2NO2. The molecular weight excluding hydrogens is 296 g/mol. The Morgan fingerprint density at radius 1 is 1.59 bits per heavy atom. The fraction of sp³-hybridized carbons (Fsp3) is 0.273. The van der Waals surface area contributed by atoms with Gasteiger partial charge in [0, 0.05) is 10.9 Å². The van der Waals surface area contributed by atoms with Crippen LogP contribution in [0, 0.1) is 11.3 Å². The maximum atomic E-state index is 12.8. The average Bonchev–Trinajstić information content (AvgIpc) is 2.35. The van der Waals surface area contributed by atoms with Crippen LogP contribution in [0.4, 0.5) is 8.78 Å². The van der Waals surface area contributed by atoms with E-state index in [1.807, 2.05) is 0 Å². The van der Waals surface area contributed by atoms with E-state index in [0.717, 1.165) is 7.11 Å². The molecule has 90 valence electrons. The van der Waals surface area contributed by atoms with Gasteiger partial charge in [-0.3, -0.25) is 0 Å². The van der Waals surface area contributed by atoms with Gasteiger partial charge in [0.1, 0.15) is 6.07 Å². The molecule has 1 aromatic rings. The van der Waals surface area contributed by atoms with Gasteiger partial charge in [-0.1, -0.05) is 15.9 Å². The molecule has 0 N–H and O–H groups in total. The van der Waals surface area contributed by atoms with Crippen molar-refractivity contribution in [2.45, 2.75) is 11.8 Å². The van der Waals surface area contributed by atoms with Crippen molar-refractivity contribution in [3.63, 3.8) is 0 Å². The van der Waals surface area contributed by atoms with E-state index in [0.29, 0.717) is 10.9 Å². The van der Waals surface area contributed by atoms with Crippen molar-refractivity contribution in [3.8, 4) is 6.07 Å². The third-order valence-electron chi connectivity index (χ3n) is 2.14. The molecule has 0 heterocycles. The van der Waals surface area contributed by atoms with Crippen molar-refractivity contribution >= 4 is 21.9 Å². The number of hydrogen-bond donors (Lipinski definition) is 0. The number of carbonyl (C=O) groups excluding carboxylic acids is 1. The number of hydrogen-bond acceptors (Lipinski definition) is 3. The van der Waals surface area contributed by atoms with Crippen LogP contribution in [0.5, 0.6) is 0 Å². The zero-order valence-electron chi connectivity index (χ0n) is 8.84. The Labute approximate surface area is 105 Å². The summed E-state index contributed by atoms with van der Waals surface area (Å²) < 4.78 is 30.0. The highest BCUT2D eigenvalue weighted by molar-refractivity contribution is 9.08. The number of methoxy groups -OCH3 is 1. The Balaban J connectivity index is 3.52. The molecule has 6 heteroatoms. The fourth-order valence-electron chi connectivity index (χ4n) is 1.37. The predicted octanol–water partition coefficient (Wildman–Crippen LogP) is 3.18. The van der Waals surface area contributed by atoms with Crippen molar-refractivity contribution in [1.29, 1.82) is 5.26 Å². The largest absolute Gasteiger partial charge is 0.465 e. The van der Waals surface area contributed by atoms with Gasteiger partial charge < -0.3 is 4.74 Å². The minimum Gasteiger partial charge on any atom is -0.465 e. The zero-order chi connectivity index (χ0) is 13.0. The number of nitrogens with zero attached hydrogens (tertiary/aromatic N) is 1. The summed E-state index contributed by atoms with van der Waals surface area (Å²) in [6.45, 7) is 0. The summed E-state index contributed by atoms with van der Waals surface area (Å²) in [5.41, 5.74) is -0.441. The second-order valence-corrected chi connectivity index (χ2v) is 3.71. The molecule has 0 fully saturated rings. The Morgan fingerprint density at radius 2 is 2.24 bits per heavy atom. The molecule has 0 saturated carbocycles. The standard InChI is InChI=1S/C11H8BrF2NO2/c1-17-11(16)8-3-6(4-12)2-7(10(13)14)9(8)5-15/h2-3,10H,4H2,1H3. The first-order valence-electron chi connectivity index (χ1n) is 4.54. The van der Waals surface area contributed by atoms with Crippen LogP contribution in [-0.2, 0) is 10.1 Å². The number of esters is 1. The van der Waals surface area contributed by atoms with Gasteiger partial charge in [-0.05, 0) is 17.7 Å². The second kappa shape index (κ2) is 5.73. The summed E-state index contributed by atoms with van der Waals surface area (Å²) in [5.74, 6) is -0.800. The van der Waals surface area contributed by atoms with Crippen molar-refractivity contribution in [3.05, 3.63) is 34.4 Å². The first kappa shape index (κ1) is 13.6. The van der Waals surface area contributed by atoms with Gasteiger partial charge in [0.05, 0.1) is 18.2 Å². The highest BCUT2D eigenvalue weighted by Crippen LogP contribution is 2.28. The van der Waals surface area contributed by atoms with Crippen LogP contribution in [0.15, 0.2) is 12.1 Å². The van der Waals surface area contributed by atoms with Gasteiger partial charge in [-0.25, -0.2) is 13.6 Å². The molecule has 0 amide bonds. The molecule has 0 saturated heterocycles. The maximum absolute atomic E-state index is 12.8. The summed E-state index contributed by atoms with van der Waals surface area (Å²) in [7, 11) is 1.13. The van der Waals surface area contributed by atoms with E-state index in [9.17, 15) is 13.6 Å². The van der Waals surface area contributed by atoms with Gasteiger partial charge in [0.2, 0.25) is 0 Å². The monoisotopic (exact) mass is 303 g/mol. The second-order valence-electron chi connectivity index (χ2n) is 3.15. The number of ether oxygens (including phenoxy) is 1. The lowest BCUT2D eigenvalue weighted by Gasteiger charge is -2.09. The Bertz CT molecular complexity index is 483. The van der Waals surface area contributed by atoms with Crippen molar-refractivity contribution < 1.29 is 18.3 Å². The van der Waals surface area contributed by atoms with Gasteiger partial charge in [0.15, 0.2) is 0 Å². The molecule has 0 radical (unpaired) electrons. The summed E-state index contributed by atoms with van der Waals surface area (Å²) in [4.78, 5) is 11.4. The molecule has 0 spiro atoms. The lowest BCUT2D eigenvalue weighted by Crippen LogP contribution is -2.08. The van der Waals surface area contributed by atoms with Crippen LogP contribution in [0.1, 0.15) is 33.5 Å². The van der Waals surface area contributed by atoms with E-state index in [-0.39, 0.29) is 11.1 Å². The van der Waals surface area contributed by atoms with E-state index in [1.165, 1.54) is 12.1 Å². The number of halogens is 3. The zero-order valence-corrected chi connectivity index (χ0v) is 10.4. The smallest absolute Gasteiger partial charge is 0.339 e. The molecule has 1 aromatic carbocycles. The number of nitriles is 1. The molecule has 0 bridgehead atoms. The molecule has 1 rings (SSSR count). The molecule has 0 aliphatic rings. The van der Waals surface area contributed by atoms with E-state index in [1.54, 1.807) is 6.07 Å². The van der Waals surface area contributed by atoms with Crippen molar-refractivity contribution in [2.75, 3.05) is 7.11 Å². The third kappa shape index (κ3) is 2.80. The molecule has 0 unspecified atom stereocenters. The quantitative estimate of drug-likeness (QED) is 0.636. The first-order valence-corrected chi connectivity index (χ1v) is 5.66. The topological polar surface area (TPSA) is 50.1 Å². The number of alkyl halides is 3. The summed E-state index contributed by atoms with van der Waals surface area (Å²) in [5, 5.41) is 9.16. The average molecular weight is 304 g/mol. The molecule has 0 aliphatic carbocycles. The molecule has 0 atom stereocenters. The molecule has 0 aromatic heterocycles. The lowest BCUT2D eigenvalue weighted by atomic mass is 9.99. The Kier molecular flexibility index (Phi) is 4.58. The molecule has 3 nitrogen and oxygen atoms in total. The minimum absolute atomic E-state index is 0.137. The normalized spacial score (nSPS) is 10.1.